The molecule has 2 aromatic rings. The molecule has 1 fully saturated rings. The summed E-state index contributed by atoms with van der Waals surface area (Å²) in [5.74, 6) is 1.34. The first-order valence-corrected chi connectivity index (χ1v) is 13.2. The van der Waals surface area contributed by atoms with Crippen LogP contribution in [0.5, 0.6) is 0 Å². The highest BCUT2D eigenvalue weighted by Gasteiger charge is 2.35. The summed E-state index contributed by atoms with van der Waals surface area (Å²) >= 11 is 7.31. The molecule has 1 unspecified atom stereocenters. The number of hydrogen-bond acceptors (Lipinski definition) is 6. The molecule has 10 heteroatoms. The number of carbonyl (C=O) groups is 1. The van der Waals surface area contributed by atoms with Gasteiger partial charge in [-0.2, -0.15) is 0 Å². The lowest BCUT2D eigenvalue weighted by atomic mass is 10.1. The average Bonchev–Trinajstić information content (AvgIpc) is 3.27. The van der Waals surface area contributed by atoms with E-state index in [0.717, 1.165) is 11.4 Å². The van der Waals surface area contributed by atoms with E-state index in [1.165, 1.54) is 11.8 Å². The van der Waals surface area contributed by atoms with Crippen LogP contribution in [0.15, 0.2) is 29.4 Å². The molecule has 1 saturated heterocycles. The lowest BCUT2D eigenvalue weighted by Gasteiger charge is -2.29. The summed E-state index contributed by atoms with van der Waals surface area (Å²) in [7, 11) is -3.05. The molecule has 164 valence electrons. The van der Waals surface area contributed by atoms with E-state index in [0.29, 0.717) is 29.7 Å². The van der Waals surface area contributed by atoms with Gasteiger partial charge in [-0.05, 0) is 43.5 Å². The Morgan fingerprint density at radius 2 is 2.00 bits per heavy atom. The van der Waals surface area contributed by atoms with Crippen molar-refractivity contribution in [1.82, 2.24) is 19.7 Å². The fraction of sp³-hybridized carbons (Fsp3) is 0.550. The van der Waals surface area contributed by atoms with Crippen molar-refractivity contribution >= 4 is 39.1 Å². The number of carbonyl (C=O) groups excluding carboxylic acids is 1. The Labute approximate surface area is 187 Å². The molecule has 0 spiro atoms. The number of nitrogens with zero attached hydrogens (tertiary/aromatic N) is 4. The molecule has 0 bridgehead atoms. The van der Waals surface area contributed by atoms with Crippen molar-refractivity contribution in [3.8, 4) is 11.4 Å². The maximum atomic E-state index is 13.0. The van der Waals surface area contributed by atoms with Gasteiger partial charge in [-0.3, -0.25) is 4.79 Å². The Morgan fingerprint density at radius 1 is 1.30 bits per heavy atom. The van der Waals surface area contributed by atoms with Gasteiger partial charge in [-0.15, -0.1) is 10.2 Å². The maximum Gasteiger partial charge on any atom is 0.233 e. The van der Waals surface area contributed by atoms with Crippen LogP contribution in [0.25, 0.3) is 11.4 Å². The number of rotatable bonds is 8. The highest BCUT2D eigenvalue weighted by Crippen LogP contribution is 2.26. The number of sulfone groups is 1. The first-order valence-electron chi connectivity index (χ1n) is 10.0. The summed E-state index contributed by atoms with van der Waals surface area (Å²) in [5.41, 5.74) is 0.907. The Bertz CT molecular complexity index is 990. The molecule has 1 aromatic heterocycles. The Morgan fingerprint density at radius 3 is 2.57 bits per heavy atom. The summed E-state index contributed by atoms with van der Waals surface area (Å²) in [6.45, 7) is 7.28. The molecule has 3 rings (SSSR count). The van der Waals surface area contributed by atoms with Crippen LogP contribution in [0.2, 0.25) is 5.02 Å². The second-order valence-corrected chi connectivity index (χ2v) is 11.5. The second kappa shape index (κ2) is 9.70. The summed E-state index contributed by atoms with van der Waals surface area (Å²) in [4.78, 5) is 14.7. The van der Waals surface area contributed by atoms with E-state index in [9.17, 15) is 13.2 Å². The van der Waals surface area contributed by atoms with E-state index in [2.05, 4.69) is 10.2 Å². The summed E-state index contributed by atoms with van der Waals surface area (Å²) in [6, 6.07) is 7.16. The lowest BCUT2D eigenvalue weighted by molar-refractivity contribution is -0.130. The fourth-order valence-corrected chi connectivity index (χ4v) is 6.32. The zero-order chi connectivity index (χ0) is 21.9. The number of amides is 1. The van der Waals surface area contributed by atoms with Gasteiger partial charge in [0, 0.05) is 29.7 Å². The molecule has 0 N–H and O–H groups in total. The molecule has 2 heterocycles. The van der Waals surface area contributed by atoms with Gasteiger partial charge < -0.3 is 9.47 Å². The van der Waals surface area contributed by atoms with Crippen LogP contribution in [-0.4, -0.2) is 63.8 Å². The first kappa shape index (κ1) is 23.1. The monoisotopic (exact) mass is 470 g/mol. The highest BCUT2D eigenvalue weighted by molar-refractivity contribution is 7.99. The normalized spacial score (nSPS) is 18.1. The summed E-state index contributed by atoms with van der Waals surface area (Å²) < 4.78 is 25.8. The van der Waals surface area contributed by atoms with Crippen molar-refractivity contribution in [3.05, 3.63) is 29.3 Å². The van der Waals surface area contributed by atoms with E-state index < -0.39 is 9.84 Å². The molecule has 0 aliphatic carbocycles. The van der Waals surface area contributed by atoms with Crippen LogP contribution >= 0.6 is 23.4 Å². The van der Waals surface area contributed by atoms with E-state index in [4.69, 9.17) is 11.6 Å². The van der Waals surface area contributed by atoms with Crippen molar-refractivity contribution in [2.24, 2.45) is 5.92 Å². The van der Waals surface area contributed by atoms with Gasteiger partial charge in [0.2, 0.25) is 5.91 Å². The van der Waals surface area contributed by atoms with Gasteiger partial charge in [0.25, 0.3) is 0 Å². The minimum Gasteiger partial charge on any atom is -0.338 e. The van der Waals surface area contributed by atoms with Gasteiger partial charge in [-0.1, -0.05) is 37.2 Å². The minimum absolute atomic E-state index is 0.0575. The third-order valence-electron chi connectivity index (χ3n) is 4.99. The minimum atomic E-state index is -3.05. The van der Waals surface area contributed by atoms with Crippen LogP contribution in [0, 0.1) is 5.92 Å². The van der Waals surface area contributed by atoms with E-state index in [-0.39, 0.29) is 35.1 Å². The predicted octanol–water partition coefficient (Wildman–Crippen LogP) is 3.38. The predicted molar refractivity (Wildman–Crippen MR) is 120 cm³/mol. The summed E-state index contributed by atoms with van der Waals surface area (Å²) in [6.07, 6.45) is 0.511. The van der Waals surface area contributed by atoms with Crippen LogP contribution in [0.3, 0.4) is 0 Å². The van der Waals surface area contributed by atoms with E-state index in [1.807, 2.05) is 37.5 Å². The molecule has 1 aliphatic heterocycles. The third kappa shape index (κ3) is 5.56. The topological polar surface area (TPSA) is 85.2 Å². The van der Waals surface area contributed by atoms with Crippen molar-refractivity contribution in [2.45, 2.75) is 44.9 Å². The van der Waals surface area contributed by atoms with Crippen molar-refractivity contribution < 1.29 is 13.2 Å². The van der Waals surface area contributed by atoms with Crippen LogP contribution in [0.1, 0.15) is 27.2 Å². The van der Waals surface area contributed by atoms with Crippen LogP contribution < -0.4 is 0 Å². The zero-order valence-electron chi connectivity index (χ0n) is 17.4. The number of benzene rings is 1. The van der Waals surface area contributed by atoms with Crippen LogP contribution in [0.4, 0.5) is 0 Å². The molecule has 1 aromatic carbocycles. The number of halogens is 1. The van der Waals surface area contributed by atoms with Crippen molar-refractivity contribution in [3.63, 3.8) is 0 Å². The smallest absolute Gasteiger partial charge is 0.233 e. The largest absolute Gasteiger partial charge is 0.338 e. The molecule has 1 atom stereocenters. The molecule has 7 nitrogen and oxygen atoms in total. The molecule has 1 amide bonds. The van der Waals surface area contributed by atoms with Crippen molar-refractivity contribution in [2.75, 3.05) is 23.8 Å². The second-order valence-electron chi connectivity index (χ2n) is 7.84. The number of thioether (sulfide) groups is 1. The number of hydrogen-bond donors (Lipinski definition) is 0. The molecular formula is C20H27ClN4O3S2. The standard InChI is InChI=1S/C20H27ClN4O3S2/c1-4-24-19(15-5-7-16(21)8-6-15)22-23-20(24)29-12-18(26)25(11-14(2)3)17-9-10-30(27,28)13-17/h5-8,14,17H,4,9-13H2,1-3H3. The molecule has 30 heavy (non-hydrogen) atoms. The van der Waals surface area contributed by atoms with E-state index >= 15 is 0 Å². The van der Waals surface area contributed by atoms with Gasteiger partial charge >= 0.3 is 0 Å². The van der Waals surface area contributed by atoms with Crippen LogP contribution in [-0.2, 0) is 21.2 Å². The van der Waals surface area contributed by atoms with Gasteiger partial charge in [-0.25, -0.2) is 8.42 Å². The van der Waals surface area contributed by atoms with Gasteiger partial charge in [0.1, 0.15) is 0 Å². The first-order chi connectivity index (χ1) is 14.2. The molecular weight excluding hydrogens is 444 g/mol. The fourth-order valence-electron chi connectivity index (χ4n) is 3.57. The molecule has 1 aliphatic rings. The third-order valence-corrected chi connectivity index (χ3v) is 7.95. The van der Waals surface area contributed by atoms with E-state index in [1.54, 1.807) is 17.0 Å². The Hall–Kier alpha value is -1.58. The summed E-state index contributed by atoms with van der Waals surface area (Å²) in [5, 5.41) is 9.89. The zero-order valence-corrected chi connectivity index (χ0v) is 19.8. The molecule has 0 saturated carbocycles. The van der Waals surface area contributed by atoms with Gasteiger partial charge in [0.05, 0.1) is 17.3 Å². The number of aromatic nitrogens is 3. The SMILES string of the molecule is CCn1c(SCC(=O)N(CC(C)C)C2CCS(=O)(=O)C2)nnc1-c1ccc(Cl)cc1. The molecule has 0 radical (unpaired) electrons. The lowest BCUT2D eigenvalue weighted by Crippen LogP contribution is -2.44. The Balaban J connectivity index is 1.73. The quantitative estimate of drug-likeness (QED) is 0.550. The van der Waals surface area contributed by atoms with Gasteiger partial charge in [0.15, 0.2) is 20.8 Å². The van der Waals surface area contributed by atoms with Crippen molar-refractivity contribution in [1.29, 1.82) is 0 Å². The highest BCUT2D eigenvalue weighted by atomic mass is 35.5. The Kier molecular flexibility index (Phi) is 7.47. The maximum absolute atomic E-state index is 13.0. The average molecular weight is 471 g/mol.